The van der Waals surface area contributed by atoms with E-state index in [1.807, 2.05) is 25.1 Å². The number of anilines is 1. The van der Waals surface area contributed by atoms with Crippen LogP contribution in [0.3, 0.4) is 0 Å². The molecule has 0 bridgehead atoms. The van der Waals surface area contributed by atoms with Crippen LogP contribution >= 0.6 is 48.8 Å². The normalized spacial score (nSPS) is 15.0. The first-order valence-corrected chi connectivity index (χ1v) is 9.17. The lowest BCUT2D eigenvalue weighted by atomic mass is 10.2. The van der Waals surface area contributed by atoms with Gasteiger partial charge in [0.2, 0.25) is 5.91 Å². The fraction of sp³-hybridized carbons (Fsp3) is 0.611. The molecule has 1 aromatic carbocycles. The number of nitrogens with one attached hydrogen (secondary N) is 1. The second-order valence-electron chi connectivity index (χ2n) is 6.53. The SMILES string of the molecule is CC(N)CCC(=O)NCCCN1CCN(c2cccc(Cl)c2)CC1.Cl.Cl.Cl. The number of hydrogen-bond acceptors (Lipinski definition) is 4. The van der Waals surface area contributed by atoms with Crippen molar-refractivity contribution in [3.8, 4) is 0 Å². The van der Waals surface area contributed by atoms with E-state index in [1.165, 1.54) is 5.69 Å². The van der Waals surface area contributed by atoms with Crippen LogP contribution in [0.5, 0.6) is 0 Å². The van der Waals surface area contributed by atoms with Gasteiger partial charge in [0.05, 0.1) is 0 Å². The van der Waals surface area contributed by atoms with Gasteiger partial charge in [0, 0.05) is 55.9 Å². The van der Waals surface area contributed by atoms with Gasteiger partial charge >= 0.3 is 0 Å². The number of piperazine rings is 1. The Bertz CT molecular complexity index is 526. The Labute approximate surface area is 186 Å². The van der Waals surface area contributed by atoms with Crippen LogP contribution in [-0.4, -0.2) is 56.1 Å². The Morgan fingerprint density at radius 3 is 2.48 bits per heavy atom. The van der Waals surface area contributed by atoms with Gasteiger partial charge in [0.25, 0.3) is 0 Å². The van der Waals surface area contributed by atoms with Crippen molar-refractivity contribution in [2.75, 3.05) is 44.2 Å². The molecular formula is C18H32Cl4N4O. The first-order chi connectivity index (χ1) is 11.5. The zero-order chi connectivity index (χ0) is 17.4. The molecule has 1 atom stereocenters. The molecule has 27 heavy (non-hydrogen) atoms. The summed E-state index contributed by atoms with van der Waals surface area (Å²) in [4.78, 5) is 16.5. The maximum Gasteiger partial charge on any atom is 0.220 e. The van der Waals surface area contributed by atoms with Crippen LogP contribution in [0.2, 0.25) is 5.02 Å². The fourth-order valence-corrected chi connectivity index (χ4v) is 3.06. The average molecular weight is 462 g/mol. The van der Waals surface area contributed by atoms with E-state index < -0.39 is 0 Å². The molecule has 9 heteroatoms. The van der Waals surface area contributed by atoms with Crippen LogP contribution in [0.15, 0.2) is 24.3 Å². The van der Waals surface area contributed by atoms with Gasteiger partial charge in [0.15, 0.2) is 0 Å². The number of nitrogens with two attached hydrogens (primary N) is 1. The van der Waals surface area contributed by atoms with Gasteiger partial charge in [-0.1, -0.05) is 17.7 Å². The highest BCUT2D eigenvalue weighted by atomic mass is 35.5. The van der Waals surface area contributed by atoms with Gasteiger partial charge in [-0.3, -0.25) is 9.69 Å². The first kappa shape index (κ1) is 28.8. The molecule has 2 rings (SSSR count). The van der Waals surface area contributed by atoms with E-state index in [1.54, 1.807) is 0 Å². The van der Waals surface area contributed by atoms with Gasteiger partial charge in [0.1, 0.15) is 0 Å². The maximum atomic E-state index is 11.6. The molecular weight excluding hydrogens is 430 g/mol. The highest BCUT2D eigenvalue weighted by Gasteiger charge is 2.16. The van der Waals surface area contributed by atoms with Crippen LogP contribution in [0, 0.1) is 0 Å². The molecule has 1 amide bonds. The molecule has 0 aliphatic carbocycles. The zero-order valence-corrected chi connectivity index (χ0v) is 18.9. The topological polar surface area (TPSA) is 61.6 Å². The Hall–Kier alpha value is -0.430. The molecule has 3 N–H and O–H groups in total. The summed E-state index contributed by atoms with van der Waals surface area (Å²) in [5.74, 6) is 0.109. The monoisotopic (exact) mass is 460 g/mol. The van der Waals surface area contributed by atoms with Crippen molar-refractivity contribution >= 4 is 60.4 Å². The summed E-state index contributed by atoms with van der Waals surface area (Å²) in [7, 11) is 0. The van der Waals surface area contributed by atoms with Crippen LogP contribution < -0.4 is 16.0 Å². The van der Waals surface area contributed by atoms with Gasteiger partial charge in [-0.05, 0) is 44.5 Å². The molecule has 1 aliphatic rings. The van der Waals surface area contributed by atoms with Crippen molar-refractivity contribution < 1.29 is 4.79 Å². The predicted molar refractivity (Wildman–Crippen MR) is 122 cm³/mol. The molecule has 1 heterocycles. The van der Waals surface area contributed by atoms with Gasteiger partial charge < -0.3 is 16.0 Å². The van der Waals surface area contributed by atoms with Gasteiger partial charge in [-0.25, -0.2) is 0 Å². The fourth-order valence-electron chi connectivity index (χ4n) is 2.88. The summed E-state index contributed by atoms with van der Waals surface area (Å²) in [5, 5.41) is 3.76. The van der Waals surface area contributed by atoms with E-state index in [2.05, 4.69) is 21.2 Å². The quantitative estimate of drug-likeness (QED) is 0.582. The first-order valence-electron chi connectivity index (χ1n) is 8.80. The Kier molecular flexibility index (Phi) is 16.5. The van der Waals surface area contributed by atoms with Crippen LogP contribution in [0.1, 0.15) is 26.2 Å². The van der Waals surface area contributed by atoms with Crippen LogP contribution in [0.4, 0.5) is 5.69 Å². The maximum absolute atomic E-state index is 11.6. The lowest BCUT2D eigenvalue weighted by molar-refractivity contribution is -0.121. The van der Waals surface area contributed by atoms with E-state index in [0.29, 0.717) is 6.42 Å². The van der Waals surface area contributed by atoms with Crippen LogP contribution in [0.25, 0.3) is 0 Å². The van der Waals surface area contributed by atoms with Crippen molar-refractivity contribution in [1.29, 1.82) is 0 Å². The molecule has 1 unspecified atom stereocenters. The smallest absolute Gasteiger partial charge is 0.220 e. The number of carbonyl (C=O) groups is 1. The minimum absolute atomic E-state index is 0. The number of nitrogens with zero attached hydrogens (tertiary/aromatic N) is 2. The summed E-state index contributed by atoms with van der Waals surface area (Å²) in [6, 6.07) is 8.13. The molecule has 5 nitrogen and oxygen atoms in total. The van der Waals surface area contributed by atoms with Gasteiger partial charge in [-0.15, -0.1) is 37.2 Å². The van der Waals surface area contributed by atoms with Crippen molar-refractivity contribution in [3.63, 3.8) is 0 Å². The minimum atomic E-state index is 0. The summed E-state index contributed by atoms with van der Waals surface area (Å²) in [6.07, 6.45) is 2.26. The van der Waals surface area contributed by atoms with Gasteiger partial charge in [-0.2, -0.15) is 0 Å². The second kappa shape index (κ2) is 15.5. The highest BCUT2D eigenvalue weighted by molar-refractivity contribution is 6.30. The van der Waals surface area contributed by atoms with E-state index in [4.69, 9.17) is 17.3 Å². The third-order valence-corrected chi connectivity index (χ3v) is 4.58. The molecule has 1 fully saturated rings. The number of benzene rings is 1. The molecule has 158 valence electrons. The minimum Gasteiger partial charge on any atom is -0.369 e. The lowest BCUT2D eigenvalue weighted by Gasteiger charge is -2.36. The molecule has 0 spiro atoms. The Balaban J connectivity index is 0. The third-order valence-electron chi connectivity index (χ3n) is 4.35. The van der Waals surface area contributed by atoms with E-state index >= 15 is 0 Å². The Morgan fingerprint density at radius 2 is 1.89 bits per heavy atom. The number of carbonyl (C=O) groups excluding carboxylic acids is 1. The van der Waals surface area contributed by atoms with Crippen molar-refractivity contribution in [2.45, 2.75) is 32.2 Å². The molecule has 0 radical (unpaired) electrons. The molecule has 1 saturated heterocycles. The molecule has 1 aromatic rings. The average Bonchev–Trinajstić information content (AvgIpc) is 2.57. The molecule has 0 aromatic heterocycles. The van der Waals surface area contributed by atoms with Crippen molar-refractivity contribution in [3.05, 3.63) is 29.3 Å². The van der Waals surface area contributed by atoms with E-state index in [0.717, 1.165) is 57.1 Å². The Morgan fingerprint density at radius 1 is 1.22 bits per heavy atom. The standard InChI is InChI=1S/C18H29ClN4O.3ClH/c1-15(20)6-7-18(24)21-8-3-9-22-10-12-23(13-11-22)17-5-2-4-16(19)14-17;;;/h2,4-5,14-15H,3,6-13,20H2,1H3,(H,21,24);3*1H. The number of halogens is 4. The number of hydrogen-bond donors (Lipinski definition) is 2. The van der Waals surface area contributed by atoms with E-state index in [9.17, 15) is 4.79 Å². The number of rotatable bonds is 8. The summed E-state index contributed by atoms with van der Waals surface area (Å²) >= 11 is 6.06. The second-order valence-corrected chi connectivity index (χ2v) is 6.96. The van der Waals surface area contributed by atoms with E-state index in [-0.39, 0.29) is 49.2 Å². The molecule has 0 saturated carbocycles. The summed E-state index contributed by atoms with van der Waals surface area (Å²) in [6.45, 7) is 7.82. The number of amides is 1. The zero-order valence-electron chi connectivity index (χ0n) is 15.7. The van der Waals surface area contributed by atoms with Crippen molar-refractivity contribution in [1.82, 2.24) is 10.2 Å². The largest absolute Gasteiger partial charge is 0.369 e. The third kappa shape index (κ3) is 11.2. The summed E-state index contributed by atoms with van der Waals surface area (Å²) < 4.78 is 0. The predicted octanol–water partition coefficient (Wildman–Crippen LogP) is 3.36. The highest BCUT2D eigenvalue weighted by Crippen LogP contribution is 2.20. The van der Waals surface area contributed by atoms with Crippen molar-refractivity contribution in [2.24, 2.45) is 5.73 Å². The summed E-state index contributed by atoms with van der Waals surface area (Å²) in [5.41, 5.74) is 6.85. The lowest BCUT2D eigenvalue weighted by Crippen LogP contribution is -2.47. The van der Waals surface area contributed by atoms with Crippen LogP contribution in [-0.2, 0) is 4.79 Å². The molecule has 1 aliphatic heterocycles.